The number of benzene rings is 2. The molecule has 3 nitrogen and oxygen atoms in total. The van der Waals surface area contributed by atoms with Crippen LogP contribution in [0.25, 0.3) is 0 Å². The van der Waals surface area contributed by atoms with Gasteiger partial charge in [-0.2, -0.15) is 0 Å². The summed E-state index contributed by atoms with van der Waals surface area (Å²) in [6.45, 7) is 2.27. The van der Waals surface area contributed by atoms with Crippen LogP contribution >= 0.6 is 33.9 Å². The van der Waals surface area contributed by atoms with Gasteiger partial charge in [-0.25, -0.2) is 8.42 Å². The second-order valence-corrected chi connectivity index (χ2v) is 7.63. The zero-order chi connectivity index (χ0) is 15.6. The Bertz CT molecular complexity index is 773. The van der Waals surface area contributed by atoms with Crippen LogP contribution in [0.4, 0.5) is 0 Å². The normalized spacial score (nSPS) is 11.4. The van der Waals surface area contributed by atoms with Crippen molar-refractivity contribution in [1.29, 1.82) is 0 Å². The van der Waals surface area contributed by atoms with E-state index in [4.69, 9.17) is 38.6 Å². The van der Waals surface area contributed by atoms with E-state index in [2.05, 4.69) is 0 Å². The molecule has 0 aromatic heterocycles. The zero-order valence-electron chi connectivity index (χ0n) is 10.9. The smallest absolute Gasteiger partial charge is 0.262 e. The fourth-order valence-electron chi connectivity index (χ4n) is 1.74. The van der Waals surface area contributed by atoms with Crippen molar-refractivity contribution < 1.29 is 13.2 Å². The van der Waals surface area contributed by atoms with E-state index >= 15 is 0 Å². The molecule has 0 spiro atoms. The van der Waals surface area contributed by atoms with E-state index in [1.165, 1.54) is 12.1 Å². The Balaban J connectivity index is 2.27. The minimum absolute atomic E-state index is 0.0203. The summed E-state index contributed by atoms with van der Waals surface area (Å²) in [7, 11) is 1.32. The molecule has 0 saturated heterocycles. The second kappa shape index (κ2) is 6.44. The highest BCUT2D eigenvalue weighted by Gasteiger charge is 2.19. The van der Waals surface area contributed by atoms with Gasteiger partial charge in [0.1, 0.15) is 22.3 Å². The molecule has 0 bridgehead atoms. The lowest BCUT2D eigenvalue weighted by atomic mass is 10.1. The van der Waals surface area contributed by atoms with Crippen molar-refractivity contribution in [2.75, 3.05) is 0 Å². The predicted octanol–water partition coefficient (Wildman–Crippen LogP) is 4.81. The molecule has 112 valence electrons. The molecule has 0 heterocycles. The van der Waals surface area contributed by atoms with Crippen molar-refractivity contribution in [3.63, 3.8) is 0 Å². The SMILES string of the molecule is Cc1ccccc1COc1ccc(S(=O)(=O)Cl)c(Cl)c1Cl. The zero-order valence-corrected chi connectivity index (χ0v) is 14.0. The fourth-order valence-corrected chi connectivity index (χ4v) is 3.53. The van der Waals surface area contributed by atoms with Crippen LogP contribution in [0.1, 0.15) is 11.1 Å². The summed E-state index contributed by atoms with van der Waals surface area (Å²) in [6, 6.07) is 10.4. The van der Waals surface area contributed by atoms with Gasteiger partial charge in [0.25, 0.3) is 9.05 Å². The van der Waals surface area contributed by atoms with Crippen molar-refractivity contribution in [3.8, 4) is 5.75 Å². The molecule has 2 rings (SSSR count). The van der Waals surface area contributed by atoms with Crippen molar-refractivity contribution in [3.05, 3.63) is 57.6 Å². The van der Waals surface area contributed by atoms with Crippen LogP contribution in [-0.2, 0) is 15.7 Å². The molecule has 0 aliphatic heterocycles. The molecular formula is C14H11Cl3O3S. The Morgan fingerprint density at radius 1 is 1.05 bits per heavy atom. The van der Waals surface area contributed by atoms with E-state index in [1.54, 1.807) is 0 Å². The summed E-state index contributed by atoms with van der Waals surface area (Å²) < 4.78 is 28.2. The molecule has 0 fully saturated rings. The first kappa shape index (κ1) is 16.4. The largest absolute Gasteiger partial charge is 0.487 e. The van der Waals surface area contributed by atoms with Crippen molar-refractivity contribution >= 4 is 42.9 Å². The van der Waals surface area contributed by atoms with Crippen LogP contribution in [-0.4, -0.2) is 8.42 Å². The summed E-state index contributed by atoms with van der Waals surface area (Å²) in [5, 5.41) is -0.124. The summed E-state index contributed by atoms with van der Waals surface area (Å²) in [4.78, 5) is -0.237. The van der Waals surface area contributed by atoms with Gasteiger partial charge >= 0.3 is 0 Å². The molecule has 0 atom stereocenters. The van der Waals surface area contributed by atoms with Gasteiger partial charge in [-0.05, 0) is 30.2 Å². The number of hydrogen-bond donors (Lipinski definition) is 0. The number of ether oxygens (including phenoxy) is 1. The minimum Gasteiger partial charge on any atom is -0.487 e. The van der Waals surface area contributed by atoms with E-state index in [9.17, 15) is 8.42 Å². The van der Waals surface area contributed by atoms with Gasteiger partial charge in [0.15, 0.2) is 0 Å². The molecule has 2 aromatic carbocycles. The molecule has 0 unspecified atom stereocenters. The van der Waals surface area contributed by atoms with Gasteiger partial charge in [0.2, 0.25) is 0 Å². The molecule has 2 aromatic rings. The number of rotatable bonds is 4. The maximum absolute atomic E-state index is 11.3. The number of halogens is 3. The lowest BCUT2D eigenvalue weighted by Gasteiger charge is -2.12. The molecule has 0 N–H and O–H groups in total. The first-order valence-electron chi connectivity index (χ1n) is 5.90. The summed E-state index contributed by atoms with van der Waals surface area (Å²) in [5.41, 5.74) is 2.08. The highest BCUT2D eigenvalue weighted by Crippen LogP contribution is 2.38. The lowest BCUT2D eigenvalue weighted by molar-refractivity contribution is 0.305. The molecule has 0 saturated carbocycles. The second-order valence-electron chi connectivity index (χ2n) is 4.34. The van der Waals surface area contributed by atoms with Crippen LogP contribution in [0.3, 0.4) is 0 Å². The summed E-state index contributed by atoms with van der Waals surface area (Å²) in [5.74, 6) is 0.300. The van der Waals surface area contributed by atoms with Gasteiger partial charge in [-0.1, -0.05) is 47.5 Å². The van der Waals surface area contributed by atoms with Crippen molar-refractivity contribution in [1.82, 2.24) is 0 Å². The Hall–Kier alpha value is -0.940. The van der Waals surface area contributed by atoms with Gasteiger partial charge < -0.3 is 4.74 Å². The van der Waals surface area contributed by atoms with Crippen LogP contribution in [0.15, 0.2) is 41.3 Å². The highest BCUT2D eigenvalue weighted by atomic mass is 35.7. The molecule has 0 amide bonds. The quantitative estimate of drug-likeness (QED) is 0.730. The van der Waals surface area contributed by atoms with Crippen LogP contribution in [0.2, 0.25) is 10.0 Å². The lowest BCUT2D eigenvalue weighted by Crippen LogP contribution is -2.00. The Kier molecular flexibility index (Phi) is 5.04. The summed E-state index contributed by atoms with van der Waals surface area (Å²) >= 11 is 12.0. The average Bonchev–Trinajstić information content (AvgIpc) is 2.40. The standard InChI is InChI=1S/C14H11Cl3O3S/c1-9-4-2-3-5-10(9)8-20-11-6-7-12(21(17,18)19)14(16)13(11)15/h2-7H,8H2,1H3. The Morgan fingerprint density at radius 3 is 2.33 bits per heavy atom. The molecule has 0 radical (unpaired) electrons. The third-order valence-corrected chi connectivity index (χ3v) is 5.26. The highest BCUT2D eigenvalue weighted by molar-refractivity contribution is 8.13. The van der Waals surface area contributed by atoms with Gasteiger partial charge in [0, 0.05) is 10.7 Å². The minimum atomic E-state index is -3.95. The molecular weight excluding hydrogens is 355 g/mol. The predicted molar refractivity (Wildman–Crippen MR) is 85.0 cm³/mol. The Labute approximate surface area is 137 Å². The van der Waals surface area contributed by atoms with Gasteiger partial charge in [-0.15, -0.1) is 0 Å². The van der Waals surface area contributed by atoms with Crippen LogP contribution < -0.4 is 4.74 Å². The third kappa shape index (κ3) is 3.83. The topological polar surface area (TPSA) is 43.4 Å². The van der Waals surface area contributed by atoms with Crippen LogP contribution in [0, 0.1) is 6.92 Å². The summed E-state index contributed by atoms with van der Waals surface area (Å²) in [6.07, 6.45) is 0. The number of hydrogen-bond acceptors (Lipinski definition) is 3. The fraction of sp³-hybridized carbons (Fsp3) is 0.143. The third-order valence-electron chi connectivity index (χ3n) is 2.92. The van der Waals surface area contributed by atoms with Crippen molar-refractivity contribution in [2.24, 2.45) is 0 Å². The first-order chi connectivity index (χ1) is 9.80. The first-order valence-corrected chi connectivity index (χ1v) is 8.97. The molecule has 7 heteroatoms. The Morgan fingerprint density at radius 2 is 1.71 bits per heavy atom. The molecule has 0 aliphatic rings. The van der Waals surface area contributed by atoms with E-state index in [0.29, 0.717) is 12.4 Å². The van der Waals surface area contributed by atoms with E-state index in [1.807, 2.05) is 31.2 Å². The maximum Gasteiger partial charge on any atom is 0.262 e. The molecule has 21 heavy (non-hydrogen) atoms. The monoisotopic (exact) mass is 364 g/mol. The molecule has 0 aliphatic carbocycles. The average molecular weight is 366 g/mol. The maximum atomic E-state index is 11.3. The number of aryl methyl sites for hydroxylation is 1. The van der Waals surface area contributed by atoms with Crippen molar-refractivity contribution in [2.45, 2.75) is 18.4 Å². The van der Waals surface area contributed by atoms with E-state index in [0.717, 1.165) is 11.1 Å². The van der Waals surface area contributed by atoms with E-state index < -0.39 is 9.05 Å². The van der Waals surface area contributed by atoms with Crippen LogP contribution in [0.5, 0.6) is 5.75 Å². The van der Waals surface area contributed by atoms with Gasteiger partial charge in [-0.3, -0.25) is 0 Å². The van der Waals surface area contributed by atoms with E-state index in [-0.39, 0.29) is 14.9 Å². The van der Waals surface area contributed by atoms with Gasteiger partial charge in [0.05, 0.1) is 5.02 Å².